The zero-order valence-corrected chi connectivity index (χ0v) is 15.7. The maximum absolute atomic E-state index is 12.0. The van der Waals surface area contributed by atoms with E-state index >= 15 is 0 Å². The number of hydrogen-bond acceptors (Lipinski definition) is 5. The summed E-state index contributed by atoms with van der Waals surface area (Å²) in [5.41, 5.74) is 0.874. The van der Waals surface area contributed by atoms with Gasteiger partial charge < -0.3 is 15.4 Å². The van der Waals surface area contributed by atoms with Crippen molar-refractivity contribution in [2.24, 2.45) is 0 Å². The lowest BCUT2D eigenvalue weighted by Gasteiger charge is -2.22. The highest BCUT2D eigenvalue weighted by Gasteiger charge is 2.31. The number of rotatable bonds is 7. The molecule has 0 aromatic carbocycles. The van der Waals surface area contributed by atoms with Crippen molar-refractivity contribution >= 4 is 16.1 Å². The summed E-state index contributed by atoms with van der Waals surface area (Å²) in [5.74, 6) is 0.518. The van der Waals surface area contributed by atoms with Crippen molar-refractivity contribution in [1.29, 1.82) is 0 Å². The molecule has 2 rings (SSSR count). The van der Waals surface area contributed by atoms with Gasteiger partial charge in [0.15, 0.2) is 0 Å². The summed E-state index contributed by atoms with van der Waals surface area (Å²) in [6, 6.07) is 3.08. The Kier molecular flexibility index (Phi) is 6.60. The fourth-order valence-corrected chi connectivity index (χ4v) is 3.95. The number of sulfonamides is 1. The van der Waals surface area contributed by atoms with Gasteiger partial charge in [0, 0.05) is 37.9 Å². The fourth-order valence-electron chi connectivity index (χ4n) is 2.77. The van der Waals surface area contributed by atoms with E-state index in [2.05, 4.69) is 15.6 Å². The van der Waals surface area contributed by atoms with Crippen molar-refractivity contribution in [3.05, 3.63) is 23.9 Å². The lowest BCUT2D eigenvalue weighted by Crippen LogP contribution is -2.45. The number of ether oxygens (including phenoxy) is 1. The van der Waals surface area contributed by atoms with Gasteiger partial charge in [-0.15, -0.1) is 0 Å². The van der Waals surface area contributed by atoms with E-state index in [0.717, 1.165) is 18.4 Å². The molecule has 8 nitrogen and oxygen atoms in total. The van der Waals surface area contributed by atoms with E-state index in [9.17, 15) is 13.2 Å². The molecule has 1 aliphatic rings. The molecule has 1 atom stereocenters. The van der Waals surface area contributed by atoms with Gasteiger partial charge in [-0.1, -0.05) is 0 Å². The maximum Gasteiger partial charge on any atom is 0.315 e. The van der Waals surface area contributed by atoms with Crippen molar-refractivity contribution < 1.29 is 17.9 Å². The molecule has 0 bridgehead atoms. The molecular weight excluding hydrogens is 344 g/mol. The minimum atomic E-state index is -3.23. The van der Waals surface area contributed by atoms with Gasteiger partial charge in [-0.2, -0.15) is 4.31 Å². The second kappa shape index (κ2) is 8.48. The van der Waals surface area contributed by atoms with E-state index in [-0.39, 0.29) is 18.2 Å². The Hall–Kier alpha value is -1.87. The van der Waals surface area contributed by atoms with Gasteiger partial charge >= 0.3 is 6.03 Å². The predicted octanol–water partition coefficient (Wildman–Crippen LogP) is 1.09. The first-order valence-electron chi connectivity index (χ1n) is 8.36. The van der Waals surface area contributed by atoms with Crippen molar-refractivity contribution in [2.75, 3.05) is 19.3 Å². The van der Waals surface area contributed by atoms with Gasteiger partial charge in [0.2, 0.25) is 15.9 Å². The molecule has 25 heavy (non-hydrogen) atoms. The lowest BCUT2D eigenvalue weighted by atomic mass is 10.2. The van der Waals surface area contributed by atoms with E-state index < -0.39 is 10.0 Å². The Morgan fingerprint density at radius 3 is 2.88 bits per heavy atom. The standard InChI is InChI=1S/C16H26N4O4S/c1-12(2)24-15-9-13(6-7-17-15)10-18-16(21)19-11-14-5-4-8-20(14)25(3,22)23/h6-7,9,12,14H,4-5,8,10-11H2,1-3H3,(H2,18,19,21)/t14-/m1/s1. The minimum absolute atomic E-state index is 0.0307. The molecule has 0 saturated carbocycles. The highest BCUT2D eigenvalue weighted by Crippen LogP contribution is 2.19. The lowest BCUT2D eigenvalue weighted by molar-refractivity contribution is 0.231. The van der Waals surface area contributed by atoms with E-state index in [0.29, 0.717) is 25.5 Å². The third-order valence-corrected chi connectivity index (χ3v) is 5.19. The van der Waals surface area contributed by atoms with Gasteiger partial charge in [-0.25, -0.2) is 18.2 Å². The molecule has 0 radical (unpaired) electrons. The van der Waals surface area contributed by atoms with Crippen LogP contribution < -0.4 is 15.4 Å². The zero-order chi connectivity index (χ0) is 18.4. The molecular formula is C16H26N4O4S. The van der Waals surface area contributed by atoms with Gasteiger partial charge in [0.1, 0.15) is 0 Å². The fraction of sp³-hybridized carbons (Fsp3) is 0.625. The van der Waals surface area contributed by atoms with Crippen LogP contribution in [-0.2, 0) is 16.6 Å². The molecule has 9 heteroatoms. The summed E-state index contributed by atoms with van der Waals surface area (Å²) in [7, 11) is -3.23. The maximum atomic E-state index is 12.0. The molecule has 1 fully saturated rings. The Labute approximate surface area is 149 Å². The van der Waals surface area contributed by atoms with Crippen LogP contribution in [0.15, 0.2) is 18.3 Å². The molecule has 1 aromatic heterocycles. The summed E-state index contributed by atoms with van der Waals surface area (Å²) in [4.78, 5) is 16.1. The first-order chi connectivity index (χ1) is 11.8. The average molecular weight is 370 g/mol. The SMILES string of the molecule is CC(C)Oc1cc(CNC(=O)NC[C@H]2CCCN2S(C)(=O)=O)ccn1. The number of aromatic nitrogens is 1. The van der Waals surface area contributed by atoms with Gasteiger partial charge in [0.25, 0.3) is 0 Å². The number of nitrogens with zero attached hydrogens (tertiary/aromatic N) is 2. The van der Waals surface area contributed by atoms with Crippen LogP contribution in [0.1, 0.15) is 32.3 Å². The Morgan fingerprint density at radius 2 is 2.20 bits per heavy atom. The summed E-state index contributed by atoms with van der Waals surface area (Å²) >= 11 is 0. The third-order valence-electron chi connectivity index (χ3n) is 3.86. The van der Waals surface area contributed by atoms with Gasteiger partial charge in [-0.3, -0.25) is 0 Å². The van der Waals surface area contributed by atoms with Crippen molar-refractivity contribution in [2.45, 2.75) is 45.4 Å². The van der Waals surface area contributed by atoms with Crippen LogP contribution in [0, 0.1) is 0 Å². The highest BCUT2D eigenvalue weighted by atomic mass is 32.2. The van der Waals surface area contributed by atoms with Crippen LogP contribution in [0.4, 0.5) is 4.79 Å². The minimum Gasteiger partial charge on any atom is -0.475 e. The van der Waals surface area contributed by atoms with E-state index in [1.54, 1.807) is 18.3 Å². The van der Waals surface area contributed by atoms with E-state index in [4.69, 9.17) is 4.74 Å². The molecule has 2 amide bonds. The largest absolute Gasteiger partial charge is 0.475 e. The van der Waals surface area contributed by atoms with Crippen molar-refractivity contribution in [3.63, 3.8) is 0 Å². The smallest absolute Gasteiger partial charge is 0.315 e. The zero-order valence-electron chi connectivity index (χ0n) is 14.9. The quantitative estimate of drug-likeness (QED) is 0.748. The van der Waals surface area contributed by atoms with Crippen LogP contribution >= 0.6 is 0 Å². The summed E-state index contributed by atoms with van der Waals surface area (Å²) < 4.78 is 30.3. The van der Waals surface area contributed by atoms with Crippen LogP contribution in [0.5, 0.6) is 5.88 Å². The van der Waals surface area contributed by atoms with Crippen LogP contribution in [0.2, 0.25) is 0 Å². The molecule has 140 valence electrons. The summed E-state index contributed by atoms with van der Waals surface area (Å²) in [6.07, 6.45) is 4.44. The highest BCUT2D eigenvalue weighted by molar-refractivity contribution is 7.88. The van der Waals surface area contributed by atoms with Crippen molar-refractivity contribution in [1.82, 2.24) is 19.9 Å². The van der Waals surface area contributed by atoms with Crippen molar-refractivity contribution in [3.8, 4) is 5.88 Å². The second-order valence-electron chi connectivity index (χ2n) is 6.40. The molecule has 2 heterocycles. The molecule has 2 N–H and O–H groups in total. The van der Waals surface area contributed by atoms with Crippen LogP contribution in [0.3, 0.4) is 0 Å². The summed E-state index contributed by atoms with van der Waals surface area (Å²) in [5, 5.41) is 5.50. The topological polar surface area (TPSA) is 101 Å². The average Bonchev–Trinajstić information content (AvgIpc) is 2.99. The number of amides is 2. The normalized spacial score (nSPS) is 18.3. The first kappa shape index (κ1) is 19.5. The van der Waals surface area contributed by atoms with Gasteiger partial charge in [-0.05, 0) is 38.3 Å². The van der Waals surface area contributed by atoms with Crippen LogP contribution in [0.25, 0.3) is 0 Å². The molecule has 0 aliphatic carbocycles. The van der Waals surface area contributed by atoms with Gasteiger partial charge in [0.05, 0.1) is 12.4 Å². The second-order valence-corrected chi connectivity index (χ2v) is 8.34. The monoisotopic (exact) mass is 370 g/mol. The number of pyridine rings is 1. The first-order valence-corrected chi connectivity index (χ1v) is 10.2. The number of carbonyl (C=O) groups excluding carboxylic acids is 1. The van der Waals surface area contributed by atoms with Crippen LogP contribution in [-0.4, -0.2) is 55.2 Å². The third kappa shape index (κ3) is 6.17. The molecule has 0 unspecified atom stereocenters. The Balaban J connectivity index is 1.79. The molecule has 1 aromatic rings. The number of urea groups is 1. The predicted molar refractivity (Wildman–Crippen MR) is 94.8 cm³/mol. The number of hydrogen-bond donors (Lipinski definition) is 2. The molecule has 1 aliphatic heterocycles. The Morgan fingerprint density at radius 1 is 1.44 bits per heavy atom. The number of nitrogens with one attached hydrogen (secondary N) is 2. The molecule has 0 spiro atoms. The summed E-state index contributed by atoms with van der Waals surface area (Å²) in [6.45, 7) is 4.99. The number of carbonyl (C=O) groups is 1. The van der Waals surface area contributed by atoms with E-state index in [1.807, 2.05) is 13.8 Å². The Bertz CT molecular complexity index is 693. The van der Waals surface area contributed by atoms with E-state index in [1.165, 1.54) is 10.6 Å². The molecule has 1 saturated heterocycles.